The number of nitrogens with one attached hydrogen (secondary N) is 2. The Kier molecular flexibility index (Phi) is 3.66. The van der Waals surface area contributed by atoms with Gasteiger partial charge >= 0.3 is 6.03 Å². The van der Waals surface area contributed by atoms with E-state index in [0.717, 1.165) is 11.4 Å². The van der Waals surface area contributed by atoms with Crippen LogP contribution in [0, 0.1) is 5.53 Å². The van der Waals surface area contributed by atoms with Gasteiger partial charge in [-0.15, -0.1) is 0 Å². The summed E-state index contributed by atoms with van der Waals surface area (Å²) >= 11 is 0. The Morgan fingerprint density at radius 3 is 1.78 bits per heavy atom. The van der Waals surface area contributed by atoms with Gasteiger partial charge in [0, 0.05) is 0 Å². The van der Waals surface area contributed by atoms with Gasteiger partial charge < -0.3 is 0 Å². The highest BCUT2D eigenvalue weighted by Crippen LogP contribution is 2.22. The van der Waals surface area contributed by atoms with Crippen molar-refractivity contribution in [2.45, 2.75) is 0 Å². The lowest BCUT2D eigenvalue weighted by atomic mass is 10.2. The summed E-state index contributed by atoms with van der Waals surface area (Å²) in [5.74, 6) is 0. The van der Waals surface area contributed by atoms with Gasteiger partial charge in [-0.05, 0) is 24.3 Å². The molecule has 0 radical (unpaired) electrons. The number of urea groups is 1. The molecular formula is C13H12N4O. The summed E-state index contributed by atoms with van der Waals surface area (Å²) < 4.78 is 0. The Morgan fingerprint density at radius 2 is 1.39 bits per heavy atom. The molecule has 2 amide bonds. The topological polar surface area (TPSA) is 68.5 Å². The number of benzene rings is 2. The van der Waals surface area contributed by atoms with E-state index in [1.165, 1.54) is 0 Å². The number of carbonyl (C=O) groups excluding carboxylic acids is 1. The molecule has 0 aliphatic carbocycles. The van der Waals surface area contributed by atoms with E-state index < -0.39 is 6.03 Å². The SMILES string of the molecule is N=NC(=O)NN(c1ccccc1)c1ccccc1. The van der Waals surface area contributed by atoms with Gasteiger partial charge in [-0.25, -0.2) is 10.2 Å². The molecule has 0 unspecified atom stereocenters. The molecule has 0 heterocycles. The number of hydrazine groups is 1. The Bertz CT molecular complexity index is 488. The van der Waals surface area contributed by atoms with Crippen molar-refractivity contribution in [1.29, 1.82) is 5.53 Å². The summed E-state index contributed by atoms with van der Waals surface area (Å²) in [6, 6.07) is 18.0. The first kappa shape index (κ1) is 11.8. The predicted octanol–water partition coefficient (Wildman–Crippen LogP) is 3.48. The summed E-state index contributed by atoms with van der Waals surface area (Å²) in [4.78, 5) is 11.3. The van der Waals surface area contributed by atoms with Crippen molar-refractivity contribution in [2.75, 3.05) is 5.01 Å². The van der Waals surface area contributed by atoms with Crippen LogP contribution >= 0.6 is 0 Å². The number of rotatable bonds is 3. The van der Waals surface area contributed by atoms with E-state index in [9.17, 15) is 4.79 Å². The number of para-hydroxylation sites is 2. The third-order valence-corrected chi connectivity index (χ3v) is 2.34. The molecular weight excluding hydrogens is 228 g/mol. The molecule has 0 aliphatic heterocycles. The van der Waals surface area contributed by atoms with Crippen molar-refractivity contribution in [3.8, 4) is 0 Å². The minimum Gasteiger partial charge on any atom is -0.252 e. The number of hydrogen-bond acceptors (Lipinski definition) is 3. The zero-order valence-electron chi connectivity index (χ0n) is 9.58. The second-order valence-corrected chi connectivity index (χ2v) is 3.54. The fourth-order valence-electron chi connectivity index (χ4n) is 1.55. The van der Waals surface area contributed by atoms with Gasteiger partial charge in [0.05, 0.1) is 11.4 Å². The van der Waals surface area contributed by atoms with Gasteiger partial charge in [-0.2, -0.15) is 5.53 Å². The van der Waals surface area contributed by atoms with Crippen molar-refractivity contribution in [3.05, 3.63) is 60.7 Å². The molecule has 0 aromatic heterocycles. The summed E-state index contributed by atoms with van der Waals surface area (Å²) in [5.41, 5.74) is 10.8. The van der Waals surface area contributed by atoms with Crippen LogP contribution in [0.25, 0.3) is 0 Å². The number of carbonyl (C=O) groups is 1. The zero-order chi connectivity index (χ0) is 12.8. The average Bonchev–Trinajstić information content (AvgIpc) is 2.46. The van der Waals surface area contributed by atoms with Crippen molar-refractivity contribution in [1.82, 2.24) is 5.43 Å². The molecule has 5 heteroatoms. The number of amides is 2. The highest BCUT2D eigenvalue weighted by molar-refractivity contribution is 5.79. The second kappa shape index (κ2) is 5.58. The minimum atomic E-state index is -0.720. The molecule has 0 saturated carbocycles. The molecule has 0 bridgehead atoms. The fraction of sp³-hybridized carbons (Fsp3) is 0. The van der Waals surface area contributed by atoms with E-state index in [4.69, 9.17) is 5.53 Å². The van der Waals surface area contributed by atoms with E-state index in [-0.39, 0.29) is 0 Å². The van der Waals surface area contributed by atoms with Gasteiger partial charge in [0.1, 0.15) is 0 Å². The Morgan fingerprint density at radius 1 is 0.944 bits per heavy atom. The first-order chi connectivity index (χ1) is 8.81. The molecule has 2 N–H and O–H groups in total. The van der Waals surface area contributed by atoms with Crippen molar-refractivity contribution in [3.63, 3.8) is 0 Å². The quantitative estimate of drug-likeness (QED) is 0.637. The third-order valence-electron chi connectivity index (χ3n) is 2.34. The Labute approximate surface area is 105 Å². The minimum absolute atomic E-state index is 0.720. The first-order valence-electron chi connectivity index (χ1n) is 5.39. The van der Waals surface area contributed by atoms with Crippen LogP contribution in [0.3, 0.4) is 0 Å². The van der Waals surface area contributed by atoms with E-state index in [0.29, 0.717) is 0 Å². The van der Waals surface area contributed by atoms with Gasteiger partial charge in [-0.1, -0.05) is 41.5 Å². The Balaban J connectivity index is 2.35. The maximum Gasteiger partial charge on any atom is 0.378 e. The molecule has 18 heavy (non-hydrogen) atoms. The number of hydrogen-bond donors (Lipinski definition) is 2. The Hall–Kier alpha value is -2.69. The van der Waals surface area contributed by atoms with Crippen LogP contribution in [0.2, 0.25) is 0 Å². The standard InChI is InChI=1S/C13H12N4O/c14-15-13(18)16-17(11-7-3-1-4-8-11)12-9-5-2-6-10-12/h1-10,14H,(H,16,18). The normalized spacial score (nSPS) is 9.56. The zero-order valence-corrected chi connectivity index (χ0v) is 9.58. The van der Waals surface area contributed by atoms with Crippen molar-refractivity contribution in [2.24, 2.45) is 5.11 Å². The van der Waals surface area contributed by atoms with E-state index >= 15 is 0 Å². The summed E-state index contributed by atoms with van der Waals surface area (Å²) in [5, 5.41) is 4.42. The average molecular weight is 240 g/mol. The summed E-state index contributed by atoms with van der Waals surface area (Å²) in [6.07, 6.45) is 0. The summed E-state index contributed by atoms with van der Waals surface area (Å²) in [6.45, 7) is 0. The number of nitrogens with zero attached hydrogens (tertiary/aromatic N) is 2. The summed E-state index contributed by atoms with van der Waals surface area (Å²) in [7, 11) is 0. The van der Waals surface area contributed by atoms with Crippen LogP contribution in [-0.2, 0) is 0 Å². The predicted molar refractivity (Wildman–Crippen MR) is 68.7 cm³/mol. The van der Waals surface area contributed by atoms with Crippen LogP contribution in [0.15, 0.2) is 65.8 Å². The second-order valence-electron chi connectivity index (χ2n) is 3.54. The van der Waals surface area contributed by atoms with Crippen LogP contribution in [0.5, 0.6) is 0 Å². The highest BCUT2D eigenvalue weighted by Gasteiger charge is 2.11. The lowest BCUT2D eigenvalue weighted by molar-refractivity contribution is 0.247. The molecule has 2 aromatic rings. The van der Waals surface area contributed by atoms with Crippen molar-refractivity contribution < 1.29 is 4.79 Å². The lowest BCUT2D eigenvalue weighted by Gasteiger charge is -2.23. The van der Waals surface area contributed by atoms with Gasteiger partial charge in [-0.3, -0.25) is 5.01 Å². The van der Waals surface area contributed by atoms with Gasteiger partial charge in [0.15, 0.2) is 0 Å². The van der Waals surface area contributed by atoms with Crippen LogP contribution in [-0.4, -0.2) is 6.03 Å². The molecule has 0 saturated heterocycles. The molecule has 0 atom stereocenters. The monoisotopic (exact) mass is 240 g/mol. The smallest absolute Gasteiger partial charge is 0.252 e. The molecule has 2 aromatic carbocycles. The maximum atomic E-state index is 11.3. The number of anilines is 2. The van der Waals surface area contributed by atoms with Gasteiger partial charge in [0.25, 0.3) is 0 Å². The van der Waals surface area contributed by atoms with E-state index in [1.807, 2.05) is 60.7 Å². The lowest BCUT2D eigenvalue weighted by Crippen LogP contribution is -2.36. The molecule has 2 rings (SSSR count). The van der Waals surface area contributed by atoms with E-state index in [2.05, 4.69) is 10.5 Å². The van der Waals surface area contributed by atoms with Crippen molar-refractivity contribution >= 4 is 17.4 Å². The largest absolute Gasteiger partial charge is 0.378 e. The fourth-order valence-corrected chi connectivity index (χ4v) is 1.55. The molecule has 0 aliphatic rings. The maximum absolute atomic E-state index is 11.3. The van der Waals surface area contributed by atoms with E-state index in [1.54, 1.807) is 5.01 Å². The van der Waals surface area contributed by atoms with Crippen LogP contribution in [0.1, 0.15) is 0 Å². The van der Waals surface area contributed by atoms with Crippen LogP contribution < -0.4 is 10.4 Å². The molecule has 5 nitrogen and oxygen atoms in total. The van der Waals surface area contributed by atoms with Gasteiger partial charge in [0.2, 0.25) is 0 Å². The molecule has 0 spiro atoms. The molecule has 90 valence electrons. The van der Waals surface area contributed by atoms with Crippen LogP contribution in [0.4, 0.5) is 16.2 Å². The third kappa shape index (κ3) is 2.70. The first-order valence-corrected chi connectivity index (χ1v) is 5.39. The molecule has 0 fully saturated rings. The highest BCUT2D eigenvalue weighted by atomic mass is 16.2.